The minimum Gasteiger partial charge on any atom is -0.504 e. The van der Waals surface area contributed by atoms with Gasteiger partial charge >= 0.3 is 0 Å². The van der Waals surface area contributed by atoms with E-state index in [1.807, 2.05) is 0 Å². The number of benzene rings is 1. The summed E-state index contributed by atoms with van der Waals surface area (Å²) in [4.78, 5) is 0. The van der Waals surface area contributed by atoms with E-state index in [0.717, 1.165) is 18.4 Å². The lowest BCUT2D eigenvalue weighted by molar-refractivity contribution is 0.356. The number of nitrogens with zero attached hydrogens (tertiary/aromatic N) is 1. The molecule has 2 N–H and O–H groups in total. The second kappa shape index (κ2) is 6.44. The summed E-state index contributed by atoms with van der Waals surface area (Å²) < 4.78 is 5.08. The molecule has 0 aliphatic heterocycles. The molecule has 0 aromatic heterocycles. The van der Waals surface area contributed by atoms with Crippen molar-refractivity contribution in [1.82, 2.24) is 5.32 Å². The smallest absolute Gasteiger partial charge is 0.160 e. The van der Waals surface area contributed by atoms with Crippen LogP contribution in [0.25, 0.3) is 0 Å². The maximum absolute atomic E-state index is 9.58. The van der Waals surface area contributed by atoms with Crippen LogP contribution < -0.4 is 10.1 Å². The van der Waals surface area contributed by atoms with Gasteiger partial charge in [-0.1, -0.05) is 25.3 Å². The standard InChI is InChI=1S/C15H20N2O2/c1-19-15-9-11(7-8-14(15)18)13(10-16)17-12-5-3-2-4-6-12/h7-9,12-13,17-18H,2-6H2,1H3. The van der Waals surface area contributed by atoms with Gasteiger partial charge in [-0.2, -0.15) is 5.26 Å². The number of hydrogen-bond acceptors (Lipinski definition) is 4. The number of rotatable bonds is 4. The molecule has 4 heteroatoms. The largest absolute Gasteiger partial charge is 0.504 e. The fraction of sp³-hybridized carbons (Fsp3) is 0.533. The van der Waals surface area contributed by atoms with E-state index in [9.17, 15) is 10.4 Å². The van der Waals surface area contributed by atoms with Crippen LogP contribution in [0, 0.1) is 11.3 Å². The number of nitrogens with one attached hydrogen (secondary N) is 1. The van der Waals surface area contributed by atoms with Crippen molar-refractivity contribution in [3.8, 4) is 17.6 Å². The highest BCUT2D eigenvalue weighted by atomic mass is 16.5. The Kier molecular flexibility index (Phi) is 4.64. The van der Waals surface area contributed by atoms with Crippen molar-refractivity contribution < 1.29 is 9.84 Å². The third kappa shape index (κ3) is 3.39. The summed E-state index contributed by atoms with van der Waals surface area (Å²) in [6.07, 6.45) is 6.02. The molecular formula is C15H20N2O2. The van der Waals surface area contributed by atoms with E-state index in [4.69, 9.17) is 4.74 Å². The minimum absolute atomic E-state index is 0.0978. The zero-order valence-corrected chi connectivity index (χ0v) is 11.2. The molecule has 0 saturated heterocycles. The Hall–Kier alpha value is -1.73. The maximum Gasteiger partial charge on any atom is 0.160 e. The molecule has 0 spiro atoms. The van der Waals surface area contributed by atoms with Gasteiger partial charge in [0, 0.05) is 6.04 Å². The highest BCUT2D eigenvalue weighted by Gasteiger charge is 2.19. The normalized spacial score (nSPS) is 17.7. The highest BCUT2D eigenvalue weighted by Crippen LogP contribution is 2.29. The van der Waals surface area contributed by atoms with E-state index in [1.165, 1.54) is 26.4 Å². The van der Waals surface area contributed by atoms with E-state index >= 15 is 0 Å². The van der Waals surface area contributed by atoms with Gasteiger partial charge in [-0.3, -0.25) is 5.32 Å². The first kappa shape index (κ1) is 13.7. The first-order chi connectivity index (χ1) is 9.24. The second-order valence-electron chi connectivity index (χ2n) is 4.99. The van der Waals surface area contributed by atoms with Crippen molar-refractivity contribution in [1.29, 1.82) is 5.26 Å². The molecule has 0 radical (unpaired) electrons. The molecule has 1 saturated carbocycles. The molecule has 1 aromatic carbocycles. The van der Waals surface area contributed by atoms with Crippen LogP contribution in [0.4, 0.5) is 0 Å². The van der Waals surface area contributed by atoms with Crippen LogP contribution in [0.2, 0.25) is 0 Å². The topological polar surface area (TPSA) is 65.3 Å². The van der Waals surface area contributed by atoms with Crippen LogP contribution in [-0.2, 0) is 0 Å². The second-order valence-corrected chi connectivity index (χ2v) is 4.99. The van der Waals surface area contributed by atoms with E-state index in [-0.39, 0.29) is 11.8 Å². The predicted molar refractivity (Wildman–Crippen MR) is 73.0 cm³/mol. The van der Waals surface area contributed by atoms with Crippen molar-refractivity contribution in [2.24, 2.45) is 0 Å². The Labute approximate surface area is 114 Å². The van der Waals surface area contributed by atoms with Crippen molar-refractivity contribution in [3.05, 3.63) is 23.8 Å². The molecule has 102 valence electrons. The Morgan fingerprint density at radius 3 is 2.74 bits per heavy atom. The van der Waals surface area contributed by atoms with Gasteiger partial charge in [-0.15, -0.1) is 0 Å². The Morgan fingerprint density at radius 1 is 1.37 bits per heavy atom. The summed E-state index contributed by atoms with van der Waals surface area (Å²) >= 11 is 0. The van der Waals surface area contributed by atoms with Crippen LogP contribution >= 0.6 is 0 Å². The molecule has 0 heterocycles. The summed E-state index contributed by atoms with van der Waals surface area (Å²) in [7, 11) is 1.51. The van der Waals surface area contributed by atoms with Gasteiger partial charge in [0.05, 0.1) is 13.2 Å². The molecule has 1 aromatic rings. The number of nitriles is 1. The zero-order chi connectivity index (χ0) is 13.7. The van der Waals surface area contributed by atoms with Gasteiger partial charge in [-0.25, -0.2) is 0 Å². The van der Waals surface area contributed by atoms with Crippen LogP contribution in [0.3, 0.4) is 0 Å². The maximum atomic E-state index is 9.58. The lowest BCUT2D eigenvalue weighted by Crippen LogP contribution is -2.33. The third-order valence-electron chi connectivity index (χ3n) is 3.67. The lowest BCUT2D eigenvalue weighted by atomic mass is 9.94. The van der Waals surface area contributed by atoms with Crippen molar-refractivity contribution in [2.75, 3.05) is 7.11 Å². The first-order valence-electron chi connectivity index (χ1n) is 6.77. The fourth-order valence-electron chi connectivity index (χ4n) is 2.59. The molecule has 1 unspecified atom stereocenters. The predicted octanol–water partition coefficient (Wildman–Crippen LogP) is 2.89. The van der Waals surface area contributed by atoms with E-state index in [0.29, 0.717) is 11.8 Å². The number of phenols is 1. The zero-order valence-electron chi connectivity index (χ0n) is 11.2. The van der Waals surface area contributed by atoms with Crippen LogP contribution in [0.15, 0.2) is 18.2 Å². The summed E-state index contributed by atoms with van der Waals surface area (Å²) in [5, 5.41) is 22.3. The van der Waals surface area contributed by atoms with E-state index < -0.39 is 0 Å². The minimum atomic E-state index is -0.349. The molecule has 0 bridgehead atoms. The van der Waals surface area contributed by atoms with Gasteiger partial charge in [0.1, 0.15) is 6.04 Å². The average molecular weight is 260 g/mol. The summed E-state index contributed by atoms with van der Waals surface area (Å²) in [5.74, 6) is 0.504. The SMILES string of the molecule is COc1cc(C(C#N)NC2CCCCC2)ccc1O. The average Bonchev–Trinajstić information content (AvgIpc) is 2.46. The highest BCUT2D eigenvalue weighted by molar-refractivity contribution is 5.43. The number of methoxy groups -OCH3 is 1. The molecule has 0 amide bonds. The van der Waals surface area contributed by atoms with Crippen LogP contribution in [-0.4, -0.2) is 18.3 Å². The molecule has 19 heavy (non-hydrogen) atoms. The van der Waals surface area contributed by atoms with E-state index in [2.05, 4.69) is 11.4 Å². The summed E-state index contributed by atoms with van der Waals surface area (Å²) in [5.41, 5.74) is 0.836. The Morgan fingerprint density at radius 2 is 2.11 bits per heavy atom. The Balaban J connectivity index is 2.10. The number of aromatic hydroxyl groups is 1. The Bertz CT molecular complexity index is 462. The van der Waals surface area contributed by atoms with Gasteiger partial charge in [-0.05, 0) is 30.5 Å². The number of ether oxygens (including phenoxy) is 1. The van der Waals surface area contributed by atoms with Gasteiger partial charge < -0.3 is 9.84 Å². The molecule has 1 aliphatic carbocycles. The quantitative estimate of drug-likeness (QED) is 0.873. The molecule has 2 rings (SSSR count). The molecule has 1 fully saturated rings. The van der Waals surface area contributed by atoms with Gasteiger partial charge in [0.25, 0.3) is 0 Å². The monoisotopic (exact) mass is 260 g/mol. The molecule has 4 nitrogen and oxygen atoms in total. The fourth-order valence-corrected chi connectivity index (χ4v) is 2.59. The van der Waals surface area contributed by atoms with Gasteiger partial charge in [0.2, 0.25) is 0 Å². The number of phenolic OH excluding ortho intramolecular Hbond substituents is 1. The van der Waals surface area contributed by atoms with E-state index in [1.54, 1.807) is 18.2 Å². The summed E-state index contributed by atoms with van der Waals surface area (Å²) in [6, 6.07) is 7.41. The summed E-state index contributed by atoms with van der Waals surface area (Å²) in [6.45, 7) is 0. The lowest BCUT2D eigenvalue weighted by Gasteiger charge is -2.25. The van der Waals surface area contributed by atoms with Crippen molar-refractivity contribution in [2.45, 2.75) is 44.2 Å². The molecule has 1 atom stereocenters. The number of hydrogen-bond donors (Lipinski definition) is 2. The van der Waals surface area contributed by atoms with Crippen molar-refractivity contribution >= 4 is 0 Å². The molecular weight excluding hydrogens is 240 g/mol. The third-order valence-corrected chi connectivity index (χ3v) is 3.67. The first-order valence-corrected chi connectivity index (χ1v) is 6.77. The van der Waals surface area contributed by atoms with Crippen LogP contribution in [0.1, 0.15) is 43.7 Å². The van der Waals surface area contributed by atoms with Gasteiger partial charge in [0.15, 0.2) is 11.5 Å². The molecule has 1 aliphatic rings. The van der Waals surface area contributed by atoms with Crippen LogP contribution in [0.5, 0.6) is 11.5 Å². The van der Waals surface area contributed by atoms with Crippen molar-refractivity contribution in [3.63, 3.8) is 0 Å².